The maximum absolute atomic E-state index is 13.3. The van der Waals surface area contributed by atoms with E-state index in [2.05, 4.69) is 15.9 Å². The summed E-state index contributed by atoms with van der Waals surface area (Å²) < 4.78 is 0.798. The zero-order valence-electron chi connectivity index (χ0n) is 16.7. The first-order valence-electron chi connectivity index (χ1n) is 9.72. The van der Waals surface area contributed by atoms with Gasteiger partial charge in [0, 0.05) is 16.6 Å². The average molecular weight is 508 g/mol. The van der Waals surface area contributed by atoms with Crippen molar-refractivity contribution in [2.45, 2.75) is 6.42 Å². The van der Waals surface area contributed by atoms with Crippen LogP contribution in [-0.2, 0) is 19.0 Å². The van der Waals surface area contributed by atoms with Gasteiger partial charge in [0.1, 0.15) is 5.24 Å². The van der Waals surface area contributed by atoms with E-state index in [4.69, 9.17) is 12.6 Å². The number of benzene rings is 3. The smallest absolute Gasteiger partial charge is 0.263 e. The lowest BCUT2D eigenvalue weighted by atomic mass is 10.0. The van der Waals surface area contributed by atoms with Gasteiger partial charge < -0.3 is 17.4 Å². The Labute approximate surface area is 198 Å². The molecule has 1 aliphatic rings. The summed E-state index contributed by atoms with van der Waals surface area (Å²) in [5.74, 6) is -1.27. The number of fused-ring (bicyclic) bond motifs is 1. The SMILES string of the molecule is O=C1c2ccccc2C(=O)N1CCc1ccccc1C(=O)N(C(=O)[S-])c1ccc(Br)cc1. The molecule has 0 aliphatic carbocycles. The van der Waals surface area contributed by atoms with Crippen LogP contribution in [0.25, 0.3) is 0 Å². The predicted octanol–water partition coefficient (Wildman–Crippen LogP) is 4.60. The van der Waals surface area contributed by atoms with E-state index < -0.39 is 11.1 Å². The average Bonchev–Trinajstić information content (AvgIpc) is 3.03. The van der Waals surface area contributed by atoms with Crippen molar-refractivity contribution in [2.24, 2.45) is 0 Å². The third-order valence-electron chi connectivity index (χ3n) is 5.20. The Kier molecular flexibility index (Phi) is 6.16. The number of rotatable bonds is 5. The molecule has 3 aromatic rings. The van der Waals surface area contributed by atoms with Crippen LogP contribution in [0.15, 0.2) is 77.3 Å². The van der Waals surface area contributed by atoms with E-state index >= 15 is 0 Å². The van der Waals surface area contributed by atoms with E-state index in [0.29, 0.717) is 22.4 Å². The van der Waals surface area contributed by atoms with Crippen molar-refractivity contribution in [1.29, 1.82) is 0 Å². The van der Waals surface area contributed by atoms with Crippen molar-refractivity contribution >= 4 is 57.2 Å². The van der Waals surface area contributed by atoms with Crippen molar-refractivity contribution in [1.82, 2.24) is 4.90 Å². The van der Waals surface area contributed by atoms with Gasteiger partial charge >= 0.3 is 0 Å². The summed E-state index contributed by atoms with van der Waals surface area (Å²) in [6.45, 7) is 0.108. The molecule has 0 N–H and O–H groups in total. The quantitative estimate of drug-likeness (QED) is 0.372. The fourth-order valence-corrected chi connectivity index (χ4v) is 4.09. The van der Waals surface area contributed by atoms with Gasteiger partial charge in [0.25, 0.3) is 17.7 Å². The molecule has 0 atom stereocenters. The van der Waals surface area contributed by atoms with Crippen LogP contribution < -0.4 is 4.90 Å². The second kappa shape index (κ2) is 9.02. The number of amides is 4. The van der Waals surface area contributed by atoms with Crippen LogP contribution in [-0.4, -0.2) is 34.4 Å². The first-order chi connectivity index (χ1) is 15.4. The molecular formula is C24H16BrN2O4S-. The lowest BCUT2D eigenvalue weighted by Gasteiger charge is -2.25. The zero-order chi connectivity index (χ0) is 22.8. The van der Waals surface area contributed by atoms with Gasteiger partial charge in [0.2, 0.25) is 0 Å². The molecular weight excluding hydrogens is 492 g/mol. The molecule has 0 fully saturated rings. The molecule has 4 amide bonds. The Morgan fingerprint density at radius 3 is 2.00 bits per heavy atom. The Balaban J connectivity index is 1.58. The molecule has 0 unspecified atom stereocenters. The molecule has 8 heteroatoms. The minimum atomic E-state index is -0.826. The van der Waals surface area contributed by atoms with Gasteiger partial charge in [-0.1, -0.05) is 46.3 Å². The van der Waals surface area contributed by atoms with Gasteiger partial charge in [-0.25, -0.2) is 0 Å². The fraction of sp³-hybridized carbons (Fsp3) is 0.0833. The molecule has 1 heterocycles. The number of imide groups is 2. The van der Waals surface area contributed by atoms with Crippen molar-refractivity contribution in [3.63, 3.8) is 0 Å². The highest BCUT2D eigenvalue weighted by molar-refractivity contribution is 9.10. The van der Waals surface area contributed by atoms with Gasteiger partial charge in [0.05, 0.1) is 16.8 Å². The maximum Gasteiger partial charge on any atom is 0.263 e. The van der Waals surface area contributed by atoms with Crippen molar-refractivity contribution in [2.75, 3.05) is 11.4 Å². The summed E-state index contributed by atoms with van der Waals surface area (Å²) in [5, 5.41) is -0.826. The number of nitrogens with zero attached hydrogens (tertiary/aromatic N) is 2. The molecule has 3 aromatic carbocycles. The second-order valence-electron chi connectivity index (χ2n) is 7.10. The van der Waals surface area contributed by atoms with Gasteiger partial charge in [-0.15, -0.1) is 0 Å². The summed E-state index contributed by atoms with van der Waals surface area (Å²) >= 11 is 8.14. The second-order valence-corrected chi connectivity index (χ2v) is 8.36. The van der Waals surface area contributed by atoms with E-state index in [-0.39, 0.29) is 30.3 Å². The third kappa shape index (κ3) is 4.06. The summed E-state index contributed by atoms with van der Waals surface area (Å²) in [7, 11) is 0. The van der Waals surface area contributed by atoms with Crippen molar-refractivity contribution in [3.05, 3.63) is 99.5 Å². The lowest BCUT2D eigenvalue weighted by molar-refractivity contribution is 0.0656. The molecule has 0 spiro atoms. The first kappa shape index (κ1) is 21.9. The molecule has 32 heavy (non-hydrogen) atoms. The maximum atomic E-state index is 13.3. The zero-order valence-corrected chi connectivity index (χ0v) is 19.1. The highest BCUT2D eigenvalue weighted by Gasteiger charge is 2.34. The minimum Gasteiger partial charge on any atom is -0.718 e. The monoisotopic (exact) mass is 507 g/mol. The Morgan fingerprint density at radius 1 is 0.844 bits per heavy atom. The van der Waals surface area contributed by atoms with E-state index in [1.165, 1.54) is 4.90 Å². The molecule has 6 nitrogen and oxygen atoms in total. The van der Waals surface area contributed by atoms with Crippen LogP contribution in [0.2, 0.25) is 0 Å². The molecule has 160 valence electrons. The largest absolute Gasteiger partial charge is 0.718 e. The Bertz CT molecular complexity index is 1210. The molecule has 0 saturated carbocycles. The van der Waals surface area contributed by atoms with Crippen LogP contribution in [0.4, 0.5) is 10.5 Å². The van der Waals surface area contributed by atoms with Crippen molar-refractivity contribution < 1.29 is 19.2 Å². The van der Waals surface area contributed by atoms with E-state index in [1.54, 1.807) is 72.8 Å². The van der Waals surface area contributed by atoms with Gasteiger partial charge in [-0.3, -0.25) is 24.2 Å². The third-order valence-corrected chi connectivity index (χ3v) is 5.91. The highest BCUT2D eigenvalue weighted by atomic mass is 79.9. The van der Waals surface area contributed by atoms with Gasteiger partial charge in [-0.05, 0) is 54.4 Å². The number of hydrogen-bond acceptors (Lipinski definition) is 5. The van der Waals surface area contributed by atoms with Gasteiger partial charge in [-0.2, -0.15) is 0 Å². The molecule has 0 radical (unpaired) electrons. The first-order valence-corrected chi connectivity index (χ1v) is 10.9. The minimum absolute atomic E-state index is 0.108. The number of anilines is 1. The summed E-state index contributed by atoms with van der Waals surface area (Å²) in [6, 6.07) is 20.1. The Morgan fingerprint density at radius 2 is 1.41 bits per heavy atom. The number of halogens is 1. The summed E-state index contributed by atoms with van der Waals surface area (Å²) in [6.07, 6.45) is 0.257. The van der Waals surface area contributed by atoms with E-state index in [0.717, 1.165) is 9.37 Å². The summed E-state index contributed by atoms with van der Waals surface area (Å²) in [5.41, 5.74) is 1.99. The number of carbonyl (C=O) groups is 4. The standard InChI is InChI=1S/C24H17BrN2O4S/c25-16-9-11-17(12-10-16)27(24(31)32)23(30)18-6-2-1-5-15(18)13-14-26-21(28)19-7-3-4-8-20(19)22(26)29/h1-12H,13-14H2,(H,31,32)/p-1. The van der Waals surface area contributed by atoms with E-state index in [9.17, 15) is 19.2 Å². The predicted molar refractivity (Wildman–Crippen MR) is 126 cm³/mol. The van der Waals surface area contributed by atoms with Crippen LogP contribution >= 0.6 is 15.9 Å². The number of hydrogen-bond donors (Lipinski definition) is 0. The van der Waals surface area contributed by atoms with Crippen LogP contribution in [0.3, 0.4) is 0 Å². The molecule has 0 saturated heterocycles. The molecule has 0 bridgehead atoms. The van der Waals surface area contributed by atoms with Crippen LogP contribution in [0.5, 0.6) is 0 Å². The summed E-state index contributed by atoms with van der Waals surface area (Å²) in [4.78, 5) is 52.8. The number of carbonyl (C=O) groups excluding carboxylic acids is 4. The highest BCUT2D eigenvalue weighted by Crippen LogP contribution is 2.25. The van der Waals surface area contributed by atoms with E-state index in [1.807, 2.05) is 0 Å². The Hall–Kier alpha value is -3.36. The van der Waals surface area contributed by atoms with Crippen LogP contribution in [0.1, 0.15) is 36.6 Å². The van der Waals surface area contributed by atoms with Crippen LogP contribution in [0, 0.1) is 0 Å². The molecule has 1 aliphatic heterocycles. The molecule has 4 rings (SSSR count). The fourth-order valence-electron chi connectivity index (χ4n) is 3.64. The topological polar surface area (TPSA) is 74.8 Å². The normalized spacial score (nSPS) is 12.6. The van der Waals surface area contributed by atoms with Gasteiger partial charge in [0.15, 0.2) is 0 Å². The lowest BCUT2D eigenvalue weighted by Crippen LogP contribution is -2.36. The molecule has 0 aromatic heterocycles. The van der Waals surface area contributed by atoms with Crippen molar-refractivity contribution in [3.8, 4) is 0 Å².